The molecule has 0 bridgehead atoms. The molecular weight excluding hydrogens is 416 g/mol. The Bertz CT molecular complexity index is 1070. The van der Waals surface area contributed by atoms with Gasteiger partial charge in [-0.05, 0) is 64.7 Å². The van der Waals surface area contributed by atoms with E-state index in [9.17, 15) is 15.0 Å². The van der Waals surface area contributed by atoms with E-state index in [-0.39, 0.29) is 17.6 Å². The van der Waals surface area contributed by atoms with Gasteiger partial charge >= 0.3 is 6.03 Å². The molecule has 0 saturated carbocycles. The maximum atomic E-state index is 12.8. The van der Waals surface area contributed by atoms with Crippen molar-refractivity contribution in [2.45, 2.75) is 33.3 Å². The van der Waals surface area contributed by atoms with Gasteiger partial charge in [0.1, 0.15) is 11.4 Å². The number of aliphatic hydroxyl groups is 1. The van der Waals surface area contributed by atoms with Crippen LogP contribution in [0.25, 0.3) is 15.8 Å². The predicted octanol–water partition coefficient (Wildman–Crippen LogP) is 3.34. The highest BCUT2D eigenvalue weighted by molar-refractivity contribution is 7.22. The third-order valence-electron chi connectivity index (χ3n) is 4.90. The number of hydrogen-bond donors (Lipinski definition) is 2. The number of thiazole rings is 1. The second-order valence-electron chi connectivity index (χ2n) is 8.03. The minimum Gasteiger partial charge on any atom is -0.506 e. The SMILES string of the molecule is C=N/C(=N\C=C(/C)c1cc(O)c2sc(N3CN(C)CN(CC)C3=O)nc2c1)C(C)(C)O. The second kappa shape index (κ2) is 8.74. The largest absolute Gasteiger partial charge is 0.506 e. The Morgan fingerprint density at radius 1 is 1.39 bits per heavy atom. The van der Waals surface area contributed by atoms with Crippen LogP contribution in [0.4, 0.5) is 9.93 Å². The maximum Gasteiger partial charge on any atom is 0.328 e. The molecule has 10 heteroatoms. The van der Waals surface area contributed by atoms with Crippen LogP contribution in [0.2, 0.25) is 0 Å². The number of amidine groups is 1. The third kappa shape index (κ3) is 4.76. The first-order valence-electron chi connectivity index (χ1n) is 9.88. The molecule has 1 fully saturated rings. The topological polar surface area (TPSA) is 105 Å². The van der Waals surface area contributed by atoms with Gasteiger partial charge in [-0.15, -0.1) is 0 Å². The highest BCUT2D eigenvalue weighted by atomic mass is 32.1. The van der Waals surface area contributed by atoms with E-state index in [1.54, 1.807) is 35.9 Å². The first kappa shape index (κ1) is 22.9. The van der Waals surface area contributed by atoms with Gasteiger partial charge in [0.2, 0.25) is 0 Å². The first-order chi connectivity index (χ1) is 14.5. The standard InChI is InChI=1S/C21H28N6O3S/c1-7-26-11-25(6)12-27(20(26)29)19-24-15-8-14(9-16(28)17(15)31-19)13(2)10-23-18(22-5)21(3,4)30/h8-10,28,30H,5,7,11-12H2,1-4,6H3/b13-10+,23-18-. The van der Waals surface area contributed by atoms with E-state index in [2.05, 4.69) is 21.7 Å². The Labute approximate surface area is 185 Å². The van der Waals surface area contributed by atoms with Crippen LogP contribution in [0.5, 0.6) is 5.75 Å². The minimum absolute atomic E-state index is 0.0858. The fourth-order valence-electron chi connectivity index (χ4n) is 3.22. The lowest BCUT2D eigenvalue weighted by Gasteiger charge is -2.38. The van der Waals surface area contributed by atoms with Gasteiger partial charge in [-0.25, -0.2) is 19.8 Å². The van der Waals surface area contributed by atoms with Crippen molar-refractivity contribution in [3.8, 4) is 5.75 Å². The number of aromatic hydroxyl groups is 1. The number of carbonyl (C=O) groups excluding carboxylic acids is 1. The van der Waals surface area contributed by atoms with Crippen LogP contribution in [0.1, 0.15) is 33.3 Å². The molecule has 0 spiro atoms. The molecule has 3 rings (SSSR count). The maximum absolute atomic E-state index is 12.8. The van der Waals surface area contributed by atoms with E-state index < -0.39 is 5.60 Å². The second-order valence-corrected chi connectivity index (χ2v) is 9.01. The summed E-state index contributed by atoms with van der Waals surface area (Å²) in [6, 6.07) is 3.39. The number of hydrogen-bond acceptors (Lipinski definition) is 7. The summed E-state index contributed by atoms with van der Waals surface area (Å²) < 4.78 is 0.615. The first-order valence-corrected chi connectivity index (χ1v) is 10.7. The van der Waals surface area contributed by atoms with Crippen molar-refractivity contribution in [3.05, 3.63) is 23.9 Å². The van der Waals surface area contributed by atoms with E-state index in [1.807, 2.05) is 31.9 Å². The Morgan fingerprint density at radius 2 is 2.10 bits per heavy atom. The molecule has 0 radical (unpaired) electrons. The molecule has 2 aromatic rings. The quantitative estimate of drug-likeness (QED) is 0.544. The Morgan fingerprint density at radius 3 is 2.71 bits per heavy atom. The lowest BCUT2D eigenvalue weighted by atomic mass is 10.1. The molecule has 9 nitrogen and oxygen atoms in total. The van der Waals surface area contributed by atoms with Crippen molar-refractivity contribution in [3.63, 3.8) is 0 Å². The molecule has 0 atom stereocenters. The molecule has 1 aliphatic heterocycles. The zero-order chi connectivity index (χ0) is 22.9. The number of aromatic nitrogens is 1. The lowest BCUT2D eigenvalue weighted by Crippen LogP contribution is -2.56. The van der Waals surface area contributed by atoms with Crippen molar-refractivity contribution in [1.82, 2.24) is 14.8 Å². The number of aliphatic imine (C=N–C) groups is 2. The van der Waals surface area contributed by atoms with E-state index >= 15 is 0 Å². The van der Waals surface area contributed by atoms with Gasteiger partial charge < -0.3 is 15.1 Å². The lowest BCUT2D eigenvalue weighted by molar-refractivity contribution is 0.136. The zero-order valence-corrected chi connectivity index (χ0v) is 19.3. The number of allylic oxidation sites excluding steroid dienone is 1. The number of urea groups is 1. The molecule has 2 heterocycles. The average molecular weight is 445 g/mol. The van der Waals surface area contributed by atoms with Gasteiger partial charge in [0, 0.05) is 12.7 Å². The van der Waals surface area contributed by atoms with E-state index in [0.717, 1.165) is 11.1 Å². The molecule has 1 aliphatic rings. The summed E-state index contributed by atoms with van der Waals surface area (Å²) in [7, 11) is 1.94. The van der Waals surface area contributed by atoms with E-state index in [4.69, 9.17) is 0 Å². The normalized spacial score (nSPS) is 17.0. The number of phenols is 1. The van der Waals surface area contributed by atoms with Gasteiger partial charge in [-0.3, -0.25) is 9.80 Å². The molecule has 1 aromatic heterocycles. The summed E-state index contributed by atoms with van der Waals surface area (Å²) in [6.45, 7) is 12.0. The number of nitrogens with zero attached hydrogens (tertiary/aromatic N) is 6. The Balaban J connectivity index is 1.98. The molecular formula is C21H28N6O3S. The van der Waals surface area contributed by atoms with Crippen LogP contribution >= 0.6 is 11.3 Å². The Hall–Kier alpha value is -2.82. The van der Waals surface area contributed by atoms with Gasteiger partial charge in [0.05, 0.1) is 23.6 Å². The summed E-state index contributed by atoms with van der Waals surface area (Å²) >= 11 is 1.28. The zero-order valence-electron chi connectivity index (χ0n) is 18.5. The number of fused-ring (bicyclic) bond motifs is 1. The number of phenolic OH excluding ortho intramolecular Hbond substituents is 1. The van der Waals surface area contributed by atoms with Gasteiger partial charge in [0.15, 0.2) is 11.0 Å². The van der Waals surface area contributed by atoms with E-state index in [1.165, 1.54) is 11.3 Å². The van der Waals surface area contributed by atoms with E-state index in [0.29, 0.717) is 35.2 Å². The van der Waals surface area contributed by atoms with Crippen molar-refractivity contribution >= 4 is 50.8 Å². The van der Waals surface area contributed by atoms with Crippen molar-refractivity contribution in [1.29, 1.82) is 0 Å². The van der Waals surface area contributed by atoms with Gasteiger partial charge in [0.25, 0.3) is 0 Å². The molecule has 1 saturated heterocycles. The number of rotatable bonds is 5. The minimum atomic E-state index is -1.21. The predicted molar refractivity (Wildman–Crippen MR) is 126 cm³/mol. The number of benzene rings is 1. The molecule has 0 aliphatic carbocycles. The summed E-state index contributed by atoms with van der Waals surface area (Å²) in [5.41, 5.74) is 0.861. The van der Waals surface area contributed by atoms with Crippen LogP contribution in [-0.2, 0) is 0 Å². The number of anilines is 1. The highest BCUT2D eigenvalue weighted by Crippen LogP contribution is 2.38. The summed E-state index contributed by atoms with van der Waals surface area (Å²) in [4.78, 5) is 30.8. The fourth-order valence-corrected chi connectivity index (χ4v) is 4.16. The molecule has 31 heavy (non-hydrogen) atoms. The van der Waals surface area contributed by atoms with Crippen molar-refractivity contribution in [2.75, 3.05) is 31.8 Å². The molecule has 0 unspecified atom stereocenters. The van der Waals surface area contributed by atoms with Gasteiger partial charge in [-0.2, -0.15) is 0 Å². The Kier molecular flexibility index (Phi) is 6.44. The number of amides is 2. The van der Waals surface area contributed by atoms with Crippen LogP contribution < -0.4 is 4.90 Å². The molecule has 2 amide bonds. The van der Waals surface area contributed by atoms with Crippen molar-refractivity contribution < 1.29 is 15.0 Å². The summed E-state index contributed by atoms with van der Waals surface area (Å²) in [6.07, 6.45) is 1.57. The van der Waals surface area contributed by atoms with Crippen LogP contribution in [0.3, 0.4) is 0 Å². The van der Waals surface area contributed by atoms with Crippen LogP contribution in [0, 0.1) is 0 Å². The van der Waals surface area contributed by atoms with Gasteiger partial charge in [-0.1, -0.05) is 11.3 Å². The summed E-state index contributed by atoms with van der Waals surface area (Å²) in [5.74, 6) is 0.281. The average Bonchev–Trinajstić information content (AvgIpc) is 3.13. The number of carbonyl (C=O) groups is 1. The molecule has 2 N–H and O–H groups in total. The monoisotopic (exact) mass is 444 g/mol. The third-order valence-corrected chi connectivity index (χ3v) is 6.02. The highest BCUT2D eigenvalue weighted by Gasteiger charge is 2.31. The smallest absolute Gasteiger partial charge is 0.328 e. The van der Waals surface area contributed by atoms with Crippen molar-refractivity contribution in [2.24, 2.45) is 9.98 Å². The van der Waals surface area contributed by atoms with Crippen LogP contribution in [-0.4, -0.2) is 76.1 Å². The van der Waals surface area contributed by atoms with Crippen LogP contribution in [0.15, 0.2) is 28.3 Å². The summed E-state index contributed by atoms with van der Waals surface area (Å²) in [5, 5.41) is 21.2. The molecule has 166 valence electrons. The fraction of sp³-hybridized carbons (Fsp3) is 0.429. The molecule has 1 aromatic carbocycles.